The number of nitrogens with one attached hydrogen (secondary N) is 1. The third-order valence-corrected chi connectivity index (χ3v) is 8.45. The highest BCUT2D eigenvalue weighted by molar-refractivity contribution is 5.82. The van der Waals surface area contributed by atoms with Crippen LogP contribution in [0.1, 0.15) is 56.6 Å². The molecule has 7 heteroatoms. The summed E-state index contributed by atoms with van der Waals surface area (Å²) in [5.41, 5.74) is 3.09. The zero-order valence-corrected chi connectivity index (χ0v) is 20.3. The van der Waals surface area contributed by atoms with Gasteiger partial charge in [-0.15, -0.1) is 0 Å². The first-order valence-electron chi connectivity index (χ1n) is 12.4. The predicted octanol–water partition coefficient (Wildman–Crippen LogP) is 4.41. The minimum Gasteiger partial charge on any atom is -0.481 e. The predicted molar refractivity (Wildman–Crippen MR) is 131 cm³/mol. The molecule has 2 fully saturated rings. The number of hydrogen-bond donors (Lipinski definition) is 2. The number of nitrogens with zero attached hydrogens (tertiary/aromatic N) is 1. The highest BCUT2D eigenvalue weighted by Crippen LogP contribution is 2.45. The van der Waals surface area contributed by atoms with Gasteiger partial charge in [0, 0.05) is 19.0 Å². The number of amides is 2. The smallest absolute Gasteiger partial charge is 0.407 e. The van der Waals surface area contributed by atoms with Crippen molar-refractivity contribution in [3.8, 4) is 11.1 Å². The molecule has 0 bridgehead atoms. The van der Waals surface area contributed by atoms with Crippen LogP contribution < -0.4 is 5.32 Å². The molecule has 184 valence electrons. The summed E-state index contributed by atoms with van der Waals surface area (Å²) in [4.78, 5) is 39.3. The van der Waals surface area contributed by atoms with Gasteiger partial charge >= 0.3 is 12.1 Å². The van der Waals surface area contributed by atoms with Gasteiger partial charge in [0.05, 0.1) is 17.4 Å². The number of ether oxygens (including phenoxy) is 1. The number of likely N-dealkylation sites (tertiary alicyclic amines) is 1. The second kappa shape index (κ2) is 8.70. The molecule has 2 aromatic rings. The maximum absolute atomic E-state index is 13.1. The van der Waals surface area contributed by atoms with E-state index >= 15 is 0 Å². The first-order valence-corrected chi connectivity index (χ1v) is 12.4. The van der Waals surface area contributed by atoms with Crippen LogP contribution in [0.4, 0.5) is 4.79 Å². The van der Waals surface area contributed by atoms with Gasteiger partial charge in [-0.1, -0.05) is 55.5 Å². The lowest BCUT2D eigenvalue weighted by molar-refractivity contribution is -0.149. The molecule has 7 nitrogen and oxygen atoms in total. The van der Waals surface area contributed by atoms with Gasteiger partial charge in [-0.2, -0.15) is 0 Å². The molecule has 35 heavy (non-hydrogen) atoms. The molecule has 3 aliphatic rings. The number of carbonyl (C=O) groups is 3. The Labute approximate surface area is 205 Å². The quantitative estimate of drug-likeness (QED) is 0.644. The molecule has 2 amide bonds. The van der Waals surface area contributed by atoms with Gasteiger partial charge in [0.15, 0.2) is 0 Å². The Bertz CT molecular complexity index is 1130. The number of aliphatic carboxylic acids is 1. The lowest BCUT2D eigenvalue weighted by Crippen LogP contribution is -2.56. The summed E-state index contributed by atoms with van der Waals surface area (Å²) in [7, 11) is 0. The van der Waals surface area contributed by atoms with E-state index in [1.807, 2.05) is 31.2 Å². The molecular formula is C28H32N2O5. The topological polar surface area (TPSA) is 95.9 Å². The first-order chi connectivity index (χ1) is 16.7. The largest absolute Gasteiger partial charge is 0.481 e. The summed E-state index contributed by atoms with van der Waals surface area (Å²) < 4.78 is 5.71. The summed E-state index contributed by atoms with van der Waals surface area (Å²) >= 11 is 0. The van der Waals surface area contributed by atoms with Gasteiger partial charge in [0.25, 0.3) is 0 Å². The lowest BCUT2D eigenvalue weighted by Gasteiger charge is -2.42. The summed E-state index contributed by atoms with van der Waals surface area (Å²) in [6.45, 7) is 4.41. The average molecular weight is 477 g/mol. The van der Waals surface area contributed by atoms with E-state index < -0.39 is 23.0 Å². The number of rotatable bonds is 6. The zero-order chi connectivity index (χ0) is 24.8. The fourth-order valence-corrected chi connectivity index (χ4v) is 5.82. The van der Waals surface area contributed by atoms with E-state index in [4.69, 9.17) is 4.74 Å². The van der Waals surface area contributed by atoms with Crippen molar-refractivity contribution in [2.75, 3.05) is 19.7 Å². The lowest BCUT2D eigenvalue weighted by atomic mass is 9.74. The van der Waals surface area contributed by atoms with E-state index in [-0.39, 0.29) is 37.3 Å². The molecule has 0 spiro atoms. The van der Waals surface area contributed by atoms with Gasteiger partial charge in [-0.05, 0) is 54.4 Å². The average Bonchev–Trinajstić information content (AvgIpc) is 3.31. The third-order valence-electron chi connectivity index (χ3n) is 8.45. The monoisotopic (exact) mass is 476 g/mol. The maximum atomic E-state index is 13.1. The van der Waals surface area contributed by atoms with Crippen molar-refractivity contribution in [2.24, 2.45) is 11.3 Å². The summed E-state index contributed by atoms with van der Waals surface area (Å²) in [5.74, 6) is -1.14. The summed E-state index contributed by atoms with van der Waals surface area (Å²) in [6.07, 6.45) is 2.01. The van der Waals surface area contributed by atoms with E-state index in [9.17, 15) is 19.5 Å². The van der Waals surface area contributed by atoms with Crippen LogP contribution in [0.5, 0.6) is 0 Å². The Morgan fingerprint density at radius 2 is 1.66 bits per heavy atom. The minimum absolute atomic E-state index is 0.0214. The molecule has 5 rings (SSSR count). The van der Waals surface area contributed by atoms with Crippen molar-refractivity contribution in [1.29, 1.82) is 0 Å². The van der Waals surface area contributed by atoms with Crippen molar-refractivity contribution in [3.05, 3.63) is 59.7 Å². The van der Waals surface area contributed by atoms with Gasteiger partial charge in [-0.3, -0.25) is 9.59 Å². The standard InChI is InChI=1S/C28H32N2O5/c1-18-15-30(17-27(18,2)25(32)33)24(31)14-28(12-7-13-28)29-26(34)35-16-23-21-10-5-3-8-19(21)20-9-4-6-11-22(20)23/h3-6,8-11,18,23H,7,12-17H2,1-2H3,(H,29,34)(H,32,33). The van der Waals surface area contributed by atoms with E-state index in [2.05, 4.69) is 29.6 Å². The van der Waals surface area contributed by atoms with Crippen LogP contribution in [-0.2, 0) is 14.3 Å². The highest BCUT2D eigenvalue weighted by Gasteiger charge is 2.49. The molecule has 2 N–H and O–H groups in total. The van der Waals surface area contributed by atoms with Crippen molar-refractivity contribution < 1.29 is 24.2 Å². The van der Waals surface area contributed by atoms with Gasteiger partial charge in [-0.25, -0.2) is 4.79 Å². The number of carboxylic acids is 1. The number of alkyl carbamates (subject to hydrolysis) is 1. The molecule has 2 aromatic carbocycles. The maximum Gasteiger partial charge on any atom is 0.407 e. The van der Waals surface area contributed by atoms with Crippen LogP contribution in [0.15, 0.2) is 48.5 Å². The van der Waals surface area contributed by atoms with Gasteiger partial charge in [0.2, 0.25) is 5.91 Å². The number of carboxylic acid groups (broad SMARTS) is 1. The number of benzene rings is 2. The van der Waals surface area contributed by atoms with E-state index in [1.165, 1.54) is 11.1 Å². The molecule has 0 aromatic heterocycles. The molecular weight excluding hydrogens is 444 g/mol. The Morgan fingerprint density at radius 1 is 1.06 bits per heavy atom. The van der Waals surface area contributed by atoms with Crippen LogP contribution in [0.2, 0.25) is 0 Å². The molecule has 1 saturated heterocycles. The van der Waals surface area contributed by atoms with E-state index in [0.29, 0.717) is 19.4 Å². The normalized spacial score (nSPS) is 24.3. The second-order valence-electron chi connectivity index (χ2n) is 10.7. The Morgan fingerprint density at radius 3 is 2.17 bits per heavy atom. The molecule has 2 unspecified atom stereocenters. The van der Waals surface area contributed by atoms with Gasteiger partial charge < -0.3 is 20.1 Å². The van der Waals surface area contributed by atoms with Crippen molar-refractivity contribution in [2.45, 2.75) is 51.0 Å². The van der Waals surface area contributed by atoms with E-state index in [1.54, 1.807) is 11.8 Å². The number of fused-ring (bicyclic) bond motifs is 3. The fourth-order valence-electron chi connectivity index (χ4n) is 5.82. The number of carbonyl (C=O) groups excluding carboxylic acids is 2. The van der Waals surface area contributed by atoms with Crippen LogP contribution in [0.3, 0.4) is 0 Å². The van der Waals surface area contributed by atoms with Crippen molar-refractivity contribution >= 4 is 18.0 Å². The highest BCUT2D eigenvalue weighted by atomic mass is 16.5. The minimum atomic E-state index is -0.942. The zero-order valence-electron chi connectivity index (χ0n) is 20.3. The fraction of sp³-hybridized carbons (Fsp3) is 0.464. The molecule has 1 aliphatic heterocycles. The SMILES string of the molecule is CC1CN(C(=O)CC2(NC(=O)OCC3c4ccccc4-c4ccccc43)CCC2)CC1(C)C(=O)O. The Kier molecular flexibility index (Phi) is 5.82. The molecule has 2 aliphatic carbocycles. The van der Waals surface area contributed by atoms with E-state index in [0.717, 1.165) is 17.5 Å². The van der Waals surface area contributed by atoms with Crippen LogP contribution in [-0.4, -0.2) is 53.2 Å². The van der Waals surface area contributed by atoms with Crippen LogP contribution in [0, 0.1) is 11.3 Å². The van der Waals surface area contributed by atoms with Crippen molar-refractivity contribution in [1.82, 2.24) is 10.2 Å². The first kappa shape index (κ1) is 23.4. The molecule has 1 saturated carbocycles. The number of hydrogen-bond acceptors (Lipinski definition) is 4. The molecule has 1 heterocycles. The van der Waals surface area contributed by atoms with Crippen molar-refractivity contribution in [3.63, 3.8) is 0 Å². The molecule has 0 radical (unpaired) electrons. The summed E-state index contributed by atoms with van der Waals surface area (Å²) in [6, 6.07) is 16.4. The third kappa shape index (κ3) is 4.07. The molecule has 2 atom stereocenters. The summed E-state index contributed by atoms with van der Waals surface area (Å²) in [5, 5.41) is 12.6. The van der Waals surface area contributed by atoms with Gasteiger partial charge in [0.1, 0.15) is 6.61 Å². The second-order valence-corrected chi connectivity index (χ2v) is 10.7. The Balaban J connectivity index is 1.21. The van der Waals surface area contributed by atoms with Crippen LogP contribution in [0.25, 0.3) is 11.1 Å². The Hall–Kier alpha value is -3.35. The van der Waals surface area contributed by atoms with Crippen LogP contribution >= 0.6 is 0 Å².